The predicted octanol–water partition coefficient (Wildman–Crippen LogP) is 5.97. The minimum atomic E-state index is -0.490. The van der Waals surface area contributed by atoms with Gasteiger partial charge in [-0.05, 0) is 56.0 Å². The Hall–Kier alpha value is -3.07. The van der Waals surface area contributed by atoms with Gasteiger partial charge in [-0.25, -0.2) is 4.39 Å². The molecule has 0 spiro atoms. The summed E-state index contributed by atoms with van der Waals surface area (Å²) in [6.07, 6.45) is 6.49. The molecule has 2 saturated heterocycles. The number of halogens is 2. The number of rotatable bonds is 6. The van der Waals surface area contributed by atoms with Crippen LogP contribution >= 0.6 is 11.6 Å². The van der Waals surface area contributed by atoms with Crippen molar-refractivity contribution >= 4 is 39.1 Å². The van der Waals surface area contributed by atoms with Crippen LogP contribution in [0.5, 0.6) is 6.01 Å². The molecule has 1 aliphatic carbocycles. The van der Waals surface area contributed by atoms with Crippen molar-refractivity contribution in [2.24, 2.45) is 11.8 Å². The van der Waals surface area contributed by atoms with Crippen LogP contribution in [0.1, 0.15) is 25.7 Å². The van der Waals surface area contributed by atoms with Crippen LogP contribution in [0, 0.1) is 17.7 Å². The highest BCUT2D eigenvalue weighted by molar-refractivity contribution is 6.36. The van der Waals surface area contributed by atoms with Crippen molar-refractivity contribution in [1.29, 1.82) is 0 Å². The second-order valence-electron chi connectivity index (χ2n) is 11.6. The number of piperidine rings is 1. The number of hydrogen-bond donors (Lipinski definition) is 0. The first-order chi connectivity index (χ1) is 19.5. The molecule has 1 saturated carbocycles. The summed E-state index contributed by atoms with van der Waals surface area (Å²) in [5.74, 6) is 1.50. The van der Waals surface area contributed by atoms with Gasteiger partial charge in [-0.15, -0.1) is 0 Å². The van der Waals surface area contributed by atoms with Gasteiger partial charge >= 0.3 is 6.01 Å². The molecule has 2 unspecified atom stereocenters. The highest BCUT2D eigenvalue weighted by atomic mass is 35.5. The number of benzene rings is 2. The molecule has 7 rings (SSSR count). The van der Waals surface area contributed by atoms with Crippen molar-refractivity contribution < 1.29 is 13.9 Å². The molecule has 9 heteroatoms. The van der Waals surface area contributed by atoms with Gasteiger partial charge in [0.15, 0.2) is 5.82 Å². The van der Waals surface area contributed by atoms with E-state index in [1.54, 1.807) is 13.3 Å². The lowest BCUT2D eigenvalue weighted by Gasteiger charge is -2.33. The fourth-order valence-corrected chi connectivity index (χ4v) is 7.24. The Kier molecular flexibility index (Phi) is 6.72. The van der Waals surface area contributed by atoms with Gasteiger partial charge in [0, 0.05) is 55.0 Å². The van der Waals surface area contributed by atoms with Gasteiger partial charge in [0.1, 0.15) is 23.6 Å². The van der Waals surface area contributed by atoms with E-state index in [-0.39, 0.29) is 29.4 Å². The Morgan fingerprint density at radius 3 is 2.55 bits per heavy atom. The number of methoxy groups -OCH3 is 1. The molecule has 0 N–H and O–H groups in total. The number of pyridine rings is 1. The summed E-state index contributed by atoms with van der Waals surface area (Å²) in [7, 11) is 3.81. The Morgan fingerprint density at radius 1 is 1.02 bits per heavy atom. The molecular formula is C31H33ClFN5O2. The van der Waals surface area contributed by atoms with Gasteiger partial charge in [-0.3, -0.25) is 9.88 Å². The lowest BCUT2D eigenvalue weighted by Crippen LogP contribution is -2.37. The number of aromatic nitrogens is 3. The van der Waals surface area contributed by atoms with E-state index in [2.05, 4.69) is 26.8 Å². The maximum atomic E-state index is 16.5. The zero-order valence-corrected chi connectivity index (χ0v) is 23.6. The van der Waals surface area contributed by atoms with Crippen molar-refractivity contribution in [1.82, 2.24) is 19.9 Å². The molecule has 2 aliphatic heterocycles. The van der Waals surface area contributed by atoms with Crippen LogP contribution in [-0.4, -0.2) is 72.4 Å². The van der Waals surface area contributed by atoms with Gasteiger partial charge in [0.25, 0.3) is 0 Å². The number of ether oxygens (including phenoxy) is 2. The van der Waals surface area contributed by atoms with Crippen LogP contribution in [0.3, 0.4) is 0 Å². The molecule has 0 radical (unpaired) electrons. The van der Waals surface area contributed by atoms with Crippen molar-refractivity contribution in [3.8, 4) is 17.3 Å². The number of fused-ring (bicyclic) bond motifs is 4. The smallest absolute Gasteiger partial charge is 0.319 e. The summed E-state index contributed by atoms with van der Waals surface area (Å²) >= 11 is 6.59. The number of anilines is 1. The van der Waals surface area contributed by atoms with Crippen LogP contribution in [-0.2, 0) is 4.74 Å². The number of likely N-dealkylation sites (N-methyl/N-ethyl adjacent to an activating group) is 1. The number of nitrogens with zero attached hydrogens (tertiary/aromatic N) is 5. The summed E-state index contributed by atoms with van der Waals surface area (Å²) in [4.78, 5) is 18.7. The van der Waals surface area contributed by atoms with Crippen LogP contribution in [0.15, 0.2) is 42.6 Å². The number of likely N-dealkylation sites (tertiary alicyclic amines) is 1. The van der Waals surface area contributed by atoms with Crippen LogP contribution < -0.4 is 9.64 Å². The maximum absolute atomic E-state index is 16.5. The fraction of sp³-hybridized carbons (Fsp3) is 0.452. The van der Waals surface area contributed by atoms with E-state index in [1.165, 1.54) is 19.3 Å². The average molecular weight is 562 g/mol. The van der Waals surface area contributed by atoms with Gasteiger partial charge in [0.05, 0.1) is 11.5 Å². The molecule has 0 amide bonds. The van der Waals surface area contributed by atoms with E-state index < -0.39 is 5.82 Å². The highest BCUT2D eigenvalue weighted by Crippen LogP contribution is 2.41. The Balaban J connectivity index is 1.32. The molecule has 2 bridgehead atoms. The van der Waals surface area contributed by atoms with Crippen molar-refractivity contribution in [2.75, 3.05) is 45.3 Å². The Morgan fingerprint density at radius 2 is 1.80 bits per heavy atom. The second kappa shape index (κ2) is 10.4. The molecule has 3 fully saturated rings. The van der Waals surface area contributed by atoms with Crippen molar-refractivity contribution in [3.05, 3.63) is 53.4 Å². The molecule has 4 atom stereocenters. The van der Waals surface area contributed by atoms with Crippen LogP contribution in [0.4, 0.5) is 10.2 Å². The van der Waals surface area contributed by atoms with Crippen molar-refractivity contribution in [3.63, 3.8) is 0 Å². The van der Waals surface area contributed by atoms with Crippen LogP contribution in [0.2, 0.25) is 5.02 Å². The minimum Gasteiger partial charge on any atom is -0.462 e. The zero-order chi connectivity index (χ0) is 27.4. The topological polar surface area (TPSA) is 63.6 Å². The van der Waals surface area contributed by atoms with Crippen LogP contribution in [0.25, 0.3) is 32.9 Å². The molecule has 3 aliphatic rings. The Labute approximate surface area is 238 Å². The monoisotopic (exact) mass is 561 g/mol. The summed E-state index contributed by atoms with van der Waals surface area (Å²) in [6, 6.07) is 11.8. The third-order valence-electron chi connectivity index (χ3n) is 9.05. The minimum absolute atomic E-state index is 0.175. The lowest BCUT2D eigenvalue weighted by atomic mass is 9.98. The first-order valence-corrected chi connectivity index (χ1v) is 14.5. The third-order valence-corrected chi connectivity index (χ3v) is 9.36. The van der Waals surface area contributed by atoms with Gasteiger partial charge in [0.2, 0.25) is 0 Å². The zero-order valence-electron chi connectivity index (χ0n) is 22.8. The highest BCUT2D eigenvalue weighted by Gasteiger charge is 2.35. The molecule has 208 valence electrons. The SMILES string of the molecule is CO[C@@H]1C[C@@H](COc2nc(N3CC4CCC(C4)C3)c3cnc(-c4cccc5cccc(Cl)c45)c(F)c3n2)N(C)C1. The maximum Gasteiger partial charge on any atom is 0.319 e. The van der Waals surface area contributed by atoms with E-state index in [0.717, 1.165) is 36.8 Å². The van der Waals surface area contributed by atoms with Gasteiger partial charge < -0.3 is 14.4 Å². The molecule has 4 heterocycles. The first kappa shape index (κ1) is 25.9. The van der Waals surface area contributed by atoms with Crippen molar-refractivity contribution in [2.45, 2.75) is 37.8 Å². The quantitative estimate of drug-likeness (QED) is 0.287. The standard InChI is InChI=1S/C31H33ClFN5O2/c1-37-16-22(39-2)12-21(37)17-40-31-35-29-24(30(36-31)38-14-18-9-10-19(11-18)15-38)13-34-28(27(29)33)23-7-3-5-20-6-4-8-25(32)26(20)23/h3-8,13,18-19,21-22H,9-12,14-17H2,1-2H3/t18?,19?,21-,22+/m0/s1. The van der Waals surface area contributed by atoms with E-state index >= 15 is 4.39 Å². The van der Waals surface area contributed by atoms with E-state index in [0.29, 0.717) is 40.2 Å². The molecule has 40 heavy (non-hydrogen) atoms. The fourth-order valence-electron chi connectivity index (χ4n) is 6.95. The molecular weight excluding hydrogens is 529 g/mol. The second-order valence-corrected chi connectivity index (χ2v) is 12.0. The summed E-state index contributed by atoms with van der Waals surface area (Å²) in [5, 5.41) is 2.87. The summed E-state index contributed by atoms with van der Waals surface area (Å²) in [6.45, 7) is 3.07. The lowest BCUT2D eigenvalue weighted by molar-refractivity contribution is 0.111. The molecule has 2 aromatic heterocycles. The predicted molar refractivity (Wildman–Crippen MR) is 156 cm³/mol. The van der Waals surface area contributed by atoms with Gasteiger partial charge in [-0.1, -0.05) is 41.9 Å². The number of hydrogen-bond acceptors (Lipinski definition) is 7. The first-order valence-electron chi connectivity index (χ1n) is 14.1. The summed E-state index contributed by atoms with van der Waals surface area (Å²) < 4.78 is 28.3. The normalized spacial score (nSPS) is 24.9. The summed E-state index contributed by atoms with van der Waals surface area (Å²) in [5.41, 5.74) is 1.08. The Bertz CT molecular complexity index is 1570. The molecule has 4 aromatic rings. The average Bonchev–Trinajstić information content (AvgIpc) is 3.51. The largest absolute Gasteiger partial charge is 0.462 e. The van der Waals surface area contributed by atoms with E-state index in [4.69, 9.17) is 26.1 Å². The van der Waals surface area contributed by atoms with Gasteiger partial charge in [-0.2, -0.15) is 9.97 Å². The molecule has 2 aromatic carbocycles. The third kappa shape index (κ3) is 4.56. The molecule has 7 nitrogen and oxygen atoms in total. The van der Waals surface area contributed by atoms with E-state index in [9.17, 15) is 0 Å². The van der Waals surface area contributed by atoms with E-state index in [1.807, 2.05) is 36.4 Å².